The minimum Gasteiger partial charge on any atom is -0.353 e. The van der Waals surface area contributed by atoms with E-state index in [9.17, 15) is 4.79 Å². The number of hydrogen-bond donors (Lipinski definition) is 0. The Balaban J connectivity index is -0.000000230. The molecule has 0 unspecified atom stereocenters. The Morgan fingerprint density at radius 1 is 0.900 bits per heavy atom. The molecule has 0 aliphatic heterocycles. The first-order valence-corrected chi connectivity index (χ1v) is 7.72. The standard InChI is InChI=1S/C6H13NO.C6H14O2.C4H10/c1-5(2)6(8)7(3)4;1-4-7-6(3)8-5-2;1-3-4-2/h5H,1-4H3;6H,4-5H2,1-3H3;3-4H2,1-2H3. The molecule has 0 bridgehead atoms. The second-order valence-electron chi connectivity index (χ2n) is 4.87. The molecule has 0 aromatic carbocycles. The molecule has 0 N–H and O–H groups in total. The Kier molecular flexibility index (Phi) is 22.4. The largest absolute Gasteiger partial charge is 0.353 e. The van der Waals surface area contributed by atoms with Crippen molar-refractivity contribution in [3.8, 4) is 0 Å². The second-order valence-corrected chi connectivity index (χ2v) is 4.87. The average Bonchev–Trinajstić information content (AvgIpc) is 2.39. The highest BCUT2D eigenvalue weighted by Crippen LogP contribution is 1.94. The van der Waals surface area contributed by atoms with E-state index < -0.39 is 0 Å². The van der Waals surface area contributed by atoms with Gasteiger partial charge in [-0.05, 0) is 20.8 Å². The average molecular weight is 291 g/mol. The Bertz CT molecular complexity index is 176. The Hall–Kier alpha value is -0.610. The molecule has 0 saturated carbocycles. The monoisotopic (exact) mass is 291 g/mol. The van der Waals surface area contributed by atoms with E-state index in [1.807, 2.05) is 34.6 Å². The minimum atomic E-state index is -0.0370. The predicted molar refractivity (Wildman–Crippen MR) is 86.8 cm³/mol. The Morgan fingerprint density at radius 2 is 1.25 bits per heavy atom. The third-order valence-electron chi connectivity index (χ3n) is 2.24. The van der Waals surface area contributed by atoms with E-state index in [-0.39, 0.29) is 18.1 Å². The van der Waals surface area contributed by atoms with Gasteiger partial charge in [0.05, 0.1) is 0 Å². The normalized spacial score (nSPS) is 9.55. The molecule has 0 radical (unpaired) electrons. The maximum absolute atomic E-state index is 10.8. The van der Waals surface area contributed by atoms with E-state index in [0.717, 1.165) is 13.2 Å². The van der Waals surface area contributed by atoms with Crippen LogP contribution in [0.15, 0.2) is 0 Å². The van der Waals surface area contributed by atoms with Crippen molar-refractivity contribution in [1.82, 2.24) is 4.90 Å². The van der Waals surface area contributed by atoms with E-state index in [1.54, 1.807) is 19.0 Å². The number of nitrogens with zero attached hydrogens (tertiary/aromatic N) is 1. The molecule has 0 aliphatic carbocycles. The van der Waals surface area contributed by atoms with Crippen molar-refractivity contribution in [2.75, 3.05) is 27.3 Å². The highest BCUT2D eigenvalue weighted by molar-refractivity contribution is 5.77. The fourth-order valence-electron chi connectivity index (χ4n) is 1.03. The summed E-state index contributed by atoms with van der Waals surface area (Å²) in [6, 6.07) is 0. The minimum absolute atomic E-state index is 0.0370. The summed E-state index contributed by atoms with van der Waals surface area (Å²) in [5.74, 6) is 0.315. The molecule has 20 heavy (non-hydrogen) atoms. The van der Waals surface area contributed by atoms with Gasteiger partial charge in [-0.25, -0.2) is 0 Å². The summed E-state index contributed by atoms with van der Waals surface area (Å²) in [4.78, 5) is 12.4. The van der Waals surface area contributed by atoms with Crippen molar-refractivity contribution in [3.63, 3.8) is 0 Å². The summed E-state index contributed by atoms with van der Waals surface area (Å²) in [5.41, 5.74) is 0. The molecule has 0 rings (SSSR count). The molecule has 0 saturated heterocycles. The quantitative estimate of drug-likeness (QED) is 0.696. The molecule has 1 amide bonds. The van der Waals surface area contributed by atoms with Crippen molar-refractivity contribution >= 4 is 5.91 Å². The first kappa shape index (κ1) is 24.4. The van der Waals surface area contributed by atoms with Crippen LogP contribution in [0.25, 0.3) is 0 Å². The van der Waals surface area contributed by atoms with Crippen LogP contribution in [0.2, 0.25) is 0 Å². The van der Waals surface area contributed by atoms with Crippen LogP contribution in [0.3, 0.4) is 0 Å². The van der Waals surface area contributed by atoms with Crippen LogP contribution in [0.5, 0.6) is 0 Å². The van der Waals surface area contributed by atoms with Gasteiger partial charge >= 0.3 is 0 Å². The van der Waals surface area contributed by atoms with Crippen LogP contribution in [0.4, 0.5) is 0 Å². The Labute approximate surface area is 126 Å². The lowest BCUT2D eigenvalue weighted by atomic mass is 10.2. The van der Waals surface area contributed by atoms with Gasteiger partial charge in [0.1, 0.15) is 0 Å². The molecule has 124 valence electrons. The first-order chi connectivity index (χ1) is 9.28. The number of hydrogen-bond acceptors (Lipinski definition) is 3. The zero-order valence-electron chi connectivity index (χ0n) is 15.2. The van der Waals surface area contributed by atoms with Crippen LogP contribution >= 0.6 is 0 Å². The van der Waals surface area contributed by atoms with Crippen molar-refractivity contribution in [2.24, 2.45) is 5.92 Å². The smallest absolute Gasteiger partial charge is 0.224 e. The van der Waals surface area contributed by atoms with Crippen molar-refractivity contribution in [3.05, 3.63) is 0 Å². The summed E-state index contributed by atoms with van der Waals surface area (Å²) in [6.07, 6.45) is 2.60. The molecule has 0 aromatic heterocycles. The fraction of sp³-hybridized carbons (Fsp3) is 0.938. The summed E-state index contributed by atoms with van der Waals surface area (Å²) >= 11 is 0. The molecular formula is C16H37NO3. The predicted octanol–water partition coefficient (Wildman–Crippen LogP) is 3.94. The molecule has 0 heterocycles. The molecule has 0 aliphatic rings. The van der Waals surface area contributed by atoms with Gasteiger partial charge in [0.25, 0.3) is 0 Å². The number of carbonyl (C=O) groups is 1. The lowest BCUT2D eigenvalue weighted by Crippen LogP contribution is -2.26. The number of carbonyl (C=O) groups excluding carboxylic acids is 1. The van der Waals surface area contributed by atoms with E-state index in [4.69, 9.17) is 9.47 Å². The van der Waals surface area contributed by atoms with Crippen LogP contribution < -0.4 is 0 Å². The molecule has 0 aromatic rings. The van der Waals surface area contributed by atoms with Crippen LogP contribution in [-0.4, -0.2) is 44.4 Å². The van der Waals surface area contributed by atoms with Gasteiger partial charge in [0.15, 0.2) is 6.29 Å². The summed E-state index contributed by atoms with van der Waals surface area (Å²) in [7, 11) is 3.53. The third-order valence-corrected chi connectivity index (χ3v) is 2.24. The van der Waals surface area contributed by atoms with Gasteiger partial charge in [0, 0.05) is 33.2 Å². The number of ether oxygens (including phenoxy) is 2. The maximum atomic E-state index is 10.8. The lowest BCUT2D eigenvalue weighted by Gasteiger charge is -2.11. The summed E-state index contributed by atoms with van der Waals surface area (Å²) in [6.45, 7) is 15.4. The zero-order valence-corrected chi connectivity index (χ0v) is 15.2. The molecule has 0 fully saturated rings. The van der Waals surface area contributed by atoms with Crippen molar-refractivity contribution in [2.45, 2.75) is 67.6 Å². The third kappa shape index (κ3) is 22.6. The van der Waals surface area contributed by atoms with E-state index in [0.29, 0.717) is 0 Å². The van der Waals surface area contributed by atoms with Gasteiger partial charge in [-0.15, -0.1) is 0 Å². The molecule has 4 nitrogen and oxygen atoms in total. The fourth-order valence-corrected chi connectivity index (χ4v) is 1.03. The summed E-state index contributed by atoms with van der Waals surface area (Å²) < 4.78 is 10.1. The SMILES string of the molecule is CC(C)C(=O)N(C)C.CCCC.CCOC(C)OCC. The highest BCUT2D eigenvalue weighted by atomic mass is 16.7. The van der Waals surface area contributed by atoms with E-state index in [1.165, 1.54) is 12.8 Å². The maximum Gasteiger partial charge on any atom is 0.224 e. The van der Waals surface area contributed by atoms with Gasteiger partial charge in [-0.1, -0.05) is 40.5 Å². The van der Waals surface area contributed by atoms with Crippen LogP contribution in [-0.2, 0) is 14.3 Å². The number of unbranched alkanes of at least 4 members (excludes halogenated alkanes) is 1. The number of amides is 1. The van der Waals surface area contributed by atoms with Gasteiger partial charge in [0.2, 0.25) is 5.91 Å². The molecule has 0 atom stereocenters. The highest BCUT2D eigenvalue weighted by Gasteiger charge is 2.06. The lowest BCUT2D eigenvalue weighted by molar-refractivity contribution is -0.131. The van der Waals surface area contributed by atoms with Gasteiger partial charge < -0.3 is 14.4 Å². The molecule has 4 heteroatoms. The van der Waals surface area contributed by atoms with Gasteiger partial charge in [-0.2, -0.15) is 0 Å². The topological polar surface area (TPSA) is 38.8 Å². The molecular weight excluding hydrogens is 254 g/mol. The second kappa shape index (κ2) is 18.4. The van der Waals surface area contributed by atoms with Crippen molar-refractivity contribution in [1.29, 1.82) is 0 Å². The van der Waals surface area contributed by atoms with E-state index >= 15 is 0 Å². The van der Waals surface area contributed by atoms with Gasteiger partial charge in [-0.3, -0.25) is 4.79 Å². The zero-order chi connectivity index (χ0) is 16.6. The molecule has 0 spiro atoms. The number of rotatable bonds is 6. The van der Waals surface area contributed by atoms with Crippen molar-refractivity contribution < 1.29 is 14.3 Å². The van der Waals surface area contributed by atoms with E-state index in [2.05, 4.69) is 13.8 Å². The summed E-state index contributed by atoms with van der Waals surface area (Å²) in [5, 5.41) is 0. The van der Waals surface area contributed by atoms with Crippen LogP contribution in [0.1, 0.15) is 61.3 Å². The van der Waals surface area contributed by atoms with Crippen LogP contribution in [0, 0.1) is 5.92 Å². The first-order valence-electron chi connectivity index (χ1n) is 7.72. The Morgan fingerprint density at radius 3 is 1.35 bits per heavy atom.